The number of nitrogens with zero attached hydrogens (tertiary/aromatic N) is 2. The van der Waals surface area contributed by atoms with Crippen LogP contribution >= 0.6 is 34.0 Å². The number of aliphatic carboxylic acids is 1. The van der Waals surface area contributed by atoms with Crippen LogP contribution in [-0.2, 0) is 4.79 Å². The van der Waals surface area contributed by atoms with E-state index in [-0.39, 0.29) is 5.57 Å². The maximum absolute atomic E-state index is 11.2. The topological polar surface area (TPSA) is 64.3 Å². The van der Waals surface area contributed by atoms with Gasteiger partial charge >= 0.3 is 5.97 Å². The van der Waals surface area contributed by atoms with E-state index in [0.717, 1.165) is 30.7 Å². The van der Waals surface area contributed by atoms with Gasteiger partial charge in [0.15, 0.2) is 0 Å². The van der Waals surface area contributed by atoms with Crippen LogP contribution in [0.15, 0.2) is 78.4 Å². The SMILES string of the molecule is N#C/C(=C\c1cc2sc3cc(N(c4ccccc4)c4ccccc4)sc3c2s1)C(=O)O. The lowest BCUT2D eigenvalue weighted by Crippen LogP contribution is -2.07. The molecule has 0 saturated heterocycles. The van der Waals surface area contributed by atoms with E-state index in [4.69, 9.17) is 10.4 Å². The lowest BCUT2D eigenvalue weighted by molar-refractivity contribution is -0.132. The fraction of sp³-hybridized carbons (Fsp3) is 0. The Balaban J connectivity index is 1.63. The summed E-state index contributed by atoms with van der Waals surface area (Å²) in [5, 5.41) is 19.3. The highest BCUT2D eigenvalue weighted by molar-refractivity contribution is 7.39. The average Bonchev–Trinajstić information content (AvgIpc) is 3.44. The number of para-hydroxylation sites is 2. The molecular weight excluding hydrogens is 444 g/mol. The summed E-state index contributed by atoms with van der Waals surface area (Å²) >= 11 is 4.93. The molecule has 4 nitrogen and oxygen atoms in total. The number of carbonyl (C=O) groups is 1. The second-order valence-electron chi connectivity index (χ2n) is 6.70. The molecule has 0 aliphatic rings. The van der Waals surface area contributed by atoms with Gasteiger partial charge in [0, 0.05) is 25.7 Å². The molecule has 1 N–H and O–H groups in total. The molecule has 0 aliphatic heterocycles. The zero-order valence-corrected chi connectivity index (χ0v) is 18.4. The highest BCUT2D eigenvalue weighted by Crippen LogP contribution is 2.49. The summed E-state index contributed by atoms with van der Waals surface area (Å²) in [6.45, 7) is 0. The molecule has 0 aliphatic carbocycles. The van der Waals surface area contributed by atoms with Crippen molar-refractivity contribution in [1.82, 2.24) is 0 Å². The Bertz CT molecular complexity index is 1430. The number of rotatable bonds is 5. The third-order valence-corrected chi connectivity index (χ3v) is 8.42. The summed E-state index contributed by atoms with van der Waals surface area (Å²) < 4.78 is 4.63. The first-order chi connectivity index (χ1) is 15.1. The number of nitriles is 1. The number of carboxylic acids is 1. The van der Waals surface area contributed by atoms with Gasteiger partial charge in [-0.3, -0.25) is 0 Å². The van der Waals surface area contributed by atoms with Gasteiger partial charge in [-0.2, -0.15) is 5.26 Å². The van der Waals surface area contributed by atoms with Crippen molar-refractivity contribution in [3.05, 3.63) is 83.2 Å². The monoisotopic (exact) mass is 458 g/mol. The molecule has 0 unspecified atom stereocenters. The smallest absolute Gasteiger partial charge is 0.346 e. The average molecular weight is 459 g/mol. The number of anilines is 3. The lowest BCUT2D eigenvalue weighted by atomic mass is 10.2. The molecule has 0 saturated carbocycles. The maximum Gasteiger partial charge on any atom is 0.346 e. The summed E-state index contributed by atoms with van der Waals surface area (Å²) in [5.74, 6) is -1.20. The van der Waals surface area contributed by atoms with Crippen LogP contribution in [0.1, 0.15) is 4.88 Å². The Labute approximate surface area is 190 Å². The first kappa shape index (κ1) is 19.5. The molecule has 0 radical (unpaired) electrons. The standard InChI is InChI=1S/C24H14N2O2S3/c25-14-15(24(27)28)11-18-12-19-22(29-18)23-20(30-19)13-21(31-23)26(16-7-3-1-4-8-16)17-9-5-2-6-10-17/h1-13H,(H,27,28)/b15-11+. The third kappa shape index (κ3) is 3.62. The fourth-order valence-electron chi connectivity index (χ4n) is 3.36. The minimum atomic E-state index is -1.20. The summed E-state index contributed by atoms with van der Waals surface area (Å²) in [6, 6.07) is 26.5. The van der Waals surface area contributed by atoms with E-state index in [9.17, 15) is 4.79 Å². The van der Waals surface area contributed by atoms with Crippen LogP contribution in [0.5, 0.6) is 0 Å². The molecule has 5 aromatic rings. The van der Waals surface area contributed by atoms with Crippen LogP contribution < -0.4 is 4.90 Å². The Kier molecular flexibility index (Phi) is 5.04. The molecule has 0 spiro atoms. The van der Waals surface area contributed by atoms with Crippen LogP contribution in [0.25, 0.3) is 24.9 Å². The van der Waals surface area contributed by atoms with Gasteiger partial charge in [-0.1, -0.05) is 36.4 Å². The molecule has 0 bridgehead atoms. The Morgan fingerprint density at radius 1 is 0.871 bits per heavy atom. The molecule has 5 rings (SSSR count). The Morgan fingerprint density at radius 3 is 2.03 bits per heavy atom. The maximum atomic E-state index is 11.2. The molecule has 0 fully saturated rings. The van der Waals surface area contributed by atoms with Crippen LogP contribution in [0, 0.1) is 11.3 Å². The zero-order valence-electron chi connectivity index (χ0n) is 16.0. The highest BCUT2D eigenvalue weighted by atomic mass is 32.1. The Hall–Kier alpha value is -3.44. The fourth-order valence-corrected chi connectivity index (χ4v) is 7.38. The summed E-state index contributed by atoms with van der Waals surface area (Å²) in [6.07, 6.45) is 1.44. The van der Waals surface area contributed by atoms with Crippen LogP contribution in [-0.4, -0.2) is 11.1 Å². The first-order valence-corrected chi connectivity index (χ1v) is 11.8. The van der Waals surface area contributed by atoms with E-state index in [2.05, 4.69) is 35.2 Å². The van der Waals surface area contributed by atoms with Crippen molar-refractivity contribution in [3.63, 3.8) is 0 Å². The molecule has 31 heavy (non-hydrogen) atoms. The van der Waals surface area contributed by atoms with E-state index in [1.165, 1.54) is 26.8 Å². The first-order valence-electron chi connectivity index (χ1n) is 9.35. The largest absolute Gasteiger partial charge is 0.477 e. The van der Waals surface area contributed by atoms with Crippen molar-refractivity contribution >= 4 is 81.2 Å². The molecule has 0 amide bonds. The van der Waals surface area contributed by atoms with E-state index in [0.29, 0.717) is 0 Å². The normalized spacial score (nSPS) is 11.6. The van der Waals surface area contributed by atoms with Crippen LogP contribution in [0.2, 0.25) is 0 Å². The predicted molar refractivity (Wildman–Crippen MR) is 131 cm³/mol. The van der Waals surface area contributed by atoms with E-state index in [1.807, 2.05) is 42.5 Å². The van der Waals surface area contributed by atoms with Crippen molar-refractivity contribution in [1.29, 1.82) is 5.26 Å². The van der Waals surface area contributed by atoms with Crippen molar-refractivity contribution in [2.45, 2.75) is 0 Å². The molecule has 0 atom stereocenters. The zero-order chi connectivity index (χ0) is 21.4. The lowest BCUT2D eigenvalue weighted by Gasteiger charge is -2.23. The van der Waals surface area contributed by atoms with E-state index in [1.54, 1.807) is 28.7 Å². The second-order valence-corrected chi connectivity index (χ2v) is 9.90. The van der Waals surface area contributed by atoms with Gasteiger partial charge in [0.05, 0.1) is 9.40 Å². The van der Waals surface area contributed by atoms with Gasteiger partial charge in [-0.15, -0.1) is 34.0 Å². The van der Waals surface area contributed by atoms with Gasteiger partial charge in [0.1, 0.15) is 16.6 Å². The van der Waals surface area contributed by atoms with E-state index < -0.39 is 5.97 Å². The van der Waals surface area contributed by atoms with Gasteiger partial charge in [-0.25, -0.2) is 4.79 Å². The van der Waals surface area contributed by atoms with Gasteiger partial charge in [-0.05, 0) is 42.5 Å². The molecule has 3 aromatic heterocycles. The quantitative estimate of drug-likeness (QED) is 0.217. The van der Waals surface area contributed by atoms with E-state index >= 15 is 0 Å². The summed E-state index contributed by atoms with van der Waals surface area (Å²) in [7, 11) is 0. The predicted octanol–water partition coefficient (Wildman–Crippen LogP) is 7.64. The van der Waals surface area contributed by atoms with Crippen molar-refractivity contribution < 1.29 is 9.90 Å². The third-order valence-electron chi connectivity index (χ3n) is 4.71. The van der Waals surface area contributed by atoms with Gasteiger partial charge in [0.25, 0.3) is 0 Å². The summed E-state index contributed by atoms with van der Waals surface area (Å²) in [5.41, 5.74) is 1.93. The highest BCUT2D eigenvalue weighted by Gasteiger charge is 2.19. The van der Waals surface area contributed by atoms with Crippen molar-refractivity contribution in [3.8, 4) is 6.07 Å². The van der Waals surface area contributed by atoms with Gasteiger partial charge in [0.2, 0.25) is 0 Å². The number of benzene rings is 2. The second kappa shape index (κ2) is 8.00. The number of fused-ring (bicyclic) bond motifs is 3. The number of hydrogen-bond donors (Lipinski definition) is 1. The van der Waals surface area contributed by atoms with Crippen LogP contribution in [0.4, 0.5) is 16.4 Å². The molecule has 3 heterocycles. The van der Waals surface area contributed by atoms with Gasteiger partial charge < -0.3 is 10.0 Å². The van der Waals surface area contributed by atoms with Crippen LogP contribution in [0.3, 0.4) is 0 Å². The van der Waals surface area contributed by atoms with Crippen molar-refractivity contribution in [2.75, 3.05) is 4.90 Å². The Morgan fingerprint density at radius 2 is 1.45 bits per heavy atom. The van der Waals surface area contributed by atoms with Crippen molar-refractivity contribution in [2.24, 2.45) is 0 Å². The summed E-state index contributed by atoms with van der Waals surface area (Å²) in [4.78, 5) is 14.2. The number of carboxylic acid groups (broad SMARTS) is 1. The molecule has 2 aromatic carbocycles. The number of thiophene rings is 3. The minimum Gasteiger partial charge on any atom is -0.477 e. The molecule has 7 heteroatoms. The number of hydrogen-bond acceptors (Lipinski definition) is 6. The molecular formula is C24H14N2O2S3. The minimum absolute atomic E-state index is 0.253. The molecule has 150 valence electrons.